The minimum Gasteiger partial charge on any atom is -0.462 e. The molecule has 5 heteroatoms. The van der Waals surface area contributed by atoms with E-state index in [1.54, 1.807) is 12.3 Å². The smallest absolute Gasteiger partial charge is 0.352 e. The average Bonchev–Trinajstić information content (AvgIpc) is 2.62. The van der Waals surface area contributed by atoms with E-state index in [1.165, 1.54) is 11.3 Å². The van der Waals surface area contributed by atoms with E-state index in [0.29, 0.717) is 23.0 Å². The Hall–Kier alpha value is -1.49. The van der Waals surface area contributed by atoms with Crippen LogP contribution in [-0.2, 0) is 4.74 Å². The number of rotatable bonds is 2. The van der Waals surface area contributed by atoms with Crippen LogP contribution in [0.15, 0.2) is 17.9 Å². The topological polar surface area (TPSA) is 44.8 Å². The van der Waals surface area contributed by atoms with Gasteiger partial charge < -0.3 is 14.2 Å². The number of hydrogen-bond acceptors (Lipinski definition) is 5. The Bertz CT molecular complexity index is 394. The number of ether oxygens (including phenoxy) is 3. The second-order valence-corrected chi connectivity index (χ2v) is 3.43. The molecule has 0 radical (unpaired) electrons. The fraction of sp³-hybridized carbons (Fsp3) is 0.222. The molecule has 14 heavy (non-hydrogen) atoms. The molecule has 74 valence electrons. The largest absolute Gasteiger partial charge is 0.462 e. The van der Waals surface area contributed by atoms with Gasteiger partial charge in [0.25, 0.3) is 5.95 Å². The summed E-state index contributed by atoms with van der Waals surface area (Å²) >= 11 is 1.24. The molecular weight excluding hydrogens is 204 g/mol. The van der Waals surface area contributed by atoms with Crippen LogP contribution < -0.4 is 9.47 Å². The summed E-state index contributed by atoms with van der Waals surface area (Å²) < 4.78 is 15.1. The summed E-state index contributed by atoms with van der Waals surface area (Å²) in [5.74, 6) is 0.743. The van der Waals surface area contributed by atoms with Gasteiger partial charge in [-0.1, -0.05) is 0 Å². The number of esters is 1. The maximum Gasteiger partial charge on any atom is 0.352 e. The van der Waals surface area contributed by atoms with Crippen molar-refractivity contribution in [2.75, 3.05) is 6.61 Å². The zero-order valence-corrected chi connectivity index (χ0v) is 8.35. The summed E-state index contributed by atoms with van der Waals surface area (Å²) in [6, 6.07) is 0. The Morgan fingerprint density at radius 1 is 1.64 bits per heavy atom. The lowest BCUT2D eigenvalue weighted by Gasteiger charge is -1.99. The van der Waals surface area contributed by atoms with Crippen molar-refractivity contribution in [3.63, 3.8) is 0 Å². The number of fused-ring (bicyclic) bond motifs is 1. The second kappa shape index (κ2) is 3.34. The van der Waals surface area contributed by atoms with E-state index in [-0.39, 0.29) is 5.95 Å². The molecule has 0 bridgehead atoms. The fourth-order valence-corrected chi connectivity index (χ4v) is 1.88. The molecule has 0 saturated carbocycles. The minimum absolute atomic E-state index is 0.188. The van der Waals surface area contributed by atoms with Gasteiger partial charge in [-0.2, -0.15) is 0 Å². The van der Waals surface area contributed by atoms with E-state index >= 15 is 0 Å². The molecule has 1 aromatic heterocycles. The van der Waals surface area contributed by atoms with Gasteiger partial charge in [-0.15, -0.1) is 11.3 Å². The first-order chi connectivity index (χ1) is 6.72. The minimum atomic E-state index is -0.392. The van der Waals surface area contributed by atoms with E-state index in [2.05, 4.69) is 6.58 Å². The molecule has 2 rings (SSSR count). The average molecular weight is 212 g/mol. The van der Waals surface area contributed by atoms with Crippen molar-refractivity contribution in [3.05, 3.63) is 22.8 Å². The molecule has 0 N–H and O–H groups in total. The first-order valence-corrected chi connectivity index (χ1v) is 4.93. The first kappa shape index (κ1) is 9.08. The molecule has 0 amide bonds. The van der Waals surface area contributed by atoms with Crippen molar-refractivity contribution >= 4 is 17.3 Å². The van der Waals surface area contributed by atoms with Crippen molar-refractivity contribution < 1.29 is 19.0 Å². The number of hydrogen-bond donors (Lipinski definition) is 0. The van der Waals surface area contributed by atoms with Gasteiger partial charge in [0, 0.05) is 5.38 Å². The lowest BCUT2D eigenvalue weighted by molar-refractivity contribution is 0.0529. The van der Waals surface area contributed by atoms with Crippen LogP contribution in [0.4, 0.5) is 0 Å². The van der Waals surface area contributed by atoms with E-state index in [9.17, 15) is 4.79 Å². The van der Waals surface area contributed by atoms with E-state index in [1.807, 2.05) is 0 Å². The van der Waals surface area contributed by atoms with Gasteiger partial charge in [0.1, 0.15) is 0 Å². The molecule has 0 saturated heterocycles. The predicted molar refractivity (Wildman–Crippen MR) is 50.7 cm³/mol. The highest BCUT2D eigenvalue weighted by atomic mass is 32.1. The van der Waals surface area contributed by atoms with Crippen molar-refractivity contribution in [1.29, 1.82) is 0 Å². The van der Waals surface area contributed by atoms with Gasteiger partial charge in [-0.25, -0.2) is 4.79 Å². The summed E-state index contributed by atoms with van der Waals surface area (Å²) in [6.07, 6.45) is 0. The van der Waals surface area contributed by atoms with Crippen LogP contribution >= 0.6 is 11.3 Å². The monoisotopic (exact) mass is 212 g/mol. The predicted octanol–water partition coefficient (Wildman–Crippen LogP) is 2.17. The molecule has 1 aromatic rings. The van der Waals surface area contributed by atoms with Crippen molar-refractivity contribution in [2.24, 2.45) is 0 Å². The summed E-state index contributed by atoms with van der Waals surface area (Å²) in [4.78, 5) is 11.8. The van der Waals surface area contributed by atoms with Gasteiger partial charge in [-0.05, 0) is 13.5 Å². The van der Waals surface area contributed by atoms with Crippen molar-refractivity contribution in [2.45, 2.75) is 6.92 Å². The number of carbonyl (C=O) groups is 1. The zero-order chi connectivity index (χ0) is 10.1. The lowest BCUT2D eigenvalue weighted by atomic mass is 10.4. The van der Waals surface area contributed by atoms with Crippen molar-refractivity contribution in [1.82, 2.24) is 0 Å². The molecule has 2 heterocycles. The van der Waals surface area contributed by atoms with Crippen LogP contribution in [0.2, 0.25) is 0 Å². The molecule has 0 aromatic carbocycles. The maximum atomic E-state index is 11.4. The van der Waals surface area contributed by atoms with E-state index < -0.39 is 5.97 Å². The van der Waals surface area contributed by atoms with Gasteiger partial charge in [0.05, 0.1) is 6.61 Å². The van der Waals surface area contributed by atoms with Gasteiger partial charge in [-0.3, -0.25) is 0 Å². The summed E-state index contributed by atoms with van der Waals surface area (Å²) in [5, 5.41) is 1.69. The molecular formula is C9H8O4S. The van der Waals surface area contributed by atoms with Crippen LogP contribution in [0.1, 0.15) is 16.6 Å². The first-order valence-electron chi connectivity index (χ1n) is 4.05. The van der Waals surface area contributed by atoms with Crippen LogP contribution in [0.5, 0.6) is 11.5 Å². The number of thiophene rings is 1. The van der Waals surface area contributed by atoms with Crippen molar-refractivity contribution in [3.8, 4) is 11.5 Å². The SMILES string of the molecule is C=C1Oc2csc(C(=O)OCC)c2O1. The van der Waals surface area contributed by atoms with Gasteiger partial charge in [0.2, 0.25) is 0 Å². The van der Waals surface area contributed by atoms with Crippen LogP contribution in [-0.4, -0.2) is 12.6 Å². The van der Waals surface area contributed by atoms with Crippen LogP contribution in [0, 0.1) is 0 Å². The fourth-order valence-electron chi connectivity index (χ4n) is 1.09. The molecule has 1 aliphatic heterocycles. The molecule has 0 atom stereocenters. The summed E-state index contributed by atoms with van der Waals surface area (Å²) in [7, 11) is 0. The summed E-state index contributed by atoms with van der Waals surface area (Å²) in [5.41, 5.74) is 0. The number of carbonyl (C=O) groups excluding carboxylic acids is 1. The molecule has 0 aliphatic carbocycles. The normalized spacial score (nSPS) is 13.1. The zero-order valence-electron chi connectivity index (χ0n) is 7.53. The highest BCUT2D eigenvalue weighted by molar-refractivity contribution is 7.12. The van der Waals surface area contributed by atoms with Crippen LogP contribution in [0.25, 0.3) is 0 Å². The Labute approximate surface area is 84.7 Å². The molecule has 4 nitrogen and oxygen atoms in total. The molecule has 0 unspecified atom stereocenters. The Morgan fingerprint density at radius 3 is 3.14 bits per heavy atom. The van der Waals surface area contributed by atoms with Gasteiger partial charge in [0.15, 0.2) is 16.4 Å². The van der Waals surface area contributed by atoms with E-state index in [4.69, 9.17) is 14.2 Å². The summed E-state index contributed by atoms with van der Waals surface area (Å²) in [6.45, 7) is 5.59. The molecule has 1 aliphatic rings. The maximum absolute atomic E-state index is 11.4. The molecule has 0 fully saturated rings. The third-order valence-corrected chi connectivity index (χ3v) is 2.53. The van der Waals surface area contributed by atoms with E-state index in [0.717, 1.165) is 0 Å². The van der Waals surface area contributed by atoms with Crippen LogP contribution in [0.3, 0.4) is 0 Å². The Kier molecular flexibility index (Phi) is 2.17. The second-order valence-electron chi connectivity index (χ2n) is 2.55. The Morgan fingerprint density at radius 2 is 2.43 bits per heavy atom. The Balaban J connectivity index is 2.29. The third kappa shape index (κ3) is 1.35. The standard InChI is InChI=1S/C9H8O4S/c1-3-11-9(10)8-7-6(4-14-8)12-5(2)13-7/h4H,2-3H2,1H3. The highest BCUT2D eigenvalue weighted by Gasteiger charge is 2.28. The lowest BCUT2D eigenvalue weighted by Crippen LogP contribution is -2.03. The van der Waals surface area contributed by atoms with Gasteiger partial charge >= 0.3 is 5.97 Å². The quantitative estimate of drug-likeness (QED) is 0.705. The third-order valence-electron chi connectivity index (χ3n) is 1.61. The molecule has 0 spiro atoms. The highest BCUT2D eigenvalue weighted by Crippen LogP contribution is 2.43.